The quantitative estimate of drug-likeness (QED) is 0.571. The number of nitrogens with zero attached hydrogens (tertiary/aromatic N) is 1. The van der Waals surface area contributed by atoms with E-state index in [4.69, 9.17) is 5.26 Å². The summed E-state index contributed by atoms with van der Waals surface area (Å²) in [5.41, 5.74) is 1.12. The van der Waals surface area contributed by atoms with Gasteiger partial charge >= 0.3 is 6.61 Å². The van der Waals surface area contributed by atoms with Crippen LogP contribution < -0.4 is 14.8 Å². The number of hydrogen-bond acceptors (Lipinski definition) is 5. The molecule has 0 saturated carbocycles. The van der Waals surface area contributed by atoms with E-state index in [1.165, 1.54) is 36.4 Å². The van der Waals surface area contributed by atoms with E-state index in [-0.39, 0.29) is 29.5 Å². The van der Waals surface area contributed by atoms with Crippen molar-refractivity contribution < 1.29 is 26.7 Å². The fourth-order valence-corrected chi connectivity index (χ4v) is 3.40. The van der Waals surface area contributed by atoms with Crippen LogP contribution in [0.1, 0.15) is 22.3 Å². The minimum Gasteiger partial charge on any atom is -0.435 e. The first kappa shape index (κ1) is 22.3. The zero-order valence-electron chi connectivity index (χ0n) is 15.3. The van der Waals surface area contributed by atoms with E-state index >= 15 is 0 Å². The molecule has 0 saturated heterocycles. The van der Waals surface area contributed by atoms with Crippen LogP contribution in [-0.4, -0.2) is 34.0 Å². The van der Waals surface area contributed by atoms with Crippen molar-refractivity contribution in [3.05, 3.63) is 59.7 Å². The molecule has 0 unspecified atom stereocenters. The molecule has 0 spiro atoms. The molecule has 2 N–H and O–H groups in total. The number of carbonyl (C=O) groups is 1. The van der Waals surface area contributed by atoms with Gasteiger partial charge in [0.05, 0.1) is 11.0 Å². The fraction of sp³-hybridized carbons (Fsp3) is 0.263. The van der Waals surface area contributed by atoms with Crippen LogP contribution in [0.4, 0.5) is 8.78 Å². The second kappa shape index (κ2) is 10.5. The van der Waals surface area contributed by atoms with Crippen LogP contribution in [0.25, 0.3) is 0 Å². The second-order valence-corrected chi connectivity index (χ2v) is 7.63. The normalized spacial score (nSPS) is 11.1. The van der Waals surface area contributed by atoms with Crippen LogP contribution >= 0.6 is 0 Å². The maximum atomic E-state index is 12.2. The maximum Gasteiger partial charge on any atom is 0.387 e. The number of nitriles is 1. The first-order chi connectivity index (χ1) is 13.8. The van der Waals surface area contributed by atoms with Gasteiger partial charge in [-0.3, -0.25) is 4.79 Å². The average molecular weight is 423 g/mol. The summed E-state index contributed by atoms with van der Waals surface area (Å²) in [6, 6.07) is 13.4. The number of amides is 1. The van der Waals surface area contributed by atoms with E-state index in [9.17, 15) is 22.0 Å². The highest BCUT2D eigenvalue weighted by Crippen LogP contribution is 2.15. The van der Waals surface area contributed by atoms with Gasteiger partial charge < -0.3 is 10.1 Å². The molecule has 7 nitrogen and oxygen atoms in total. The van der Waals surface area contributed by atoms with Crippen LogP contribution in [0.2, 0.25) is 0 Å². The number of rotatable bonds is 10. The van der Waals surface area contributed by atoms with Crippen molar-refractivity contribution in [3.63, 3.8) is 0 Å². The monoisotopic (exact) mass is 423 g/mol. The summed E-state index contributed by atoms with van der Waals surface area (Å²) in [6.45, 7) is -2.56. The number of carbonyl (C=O) groups excluding carboxylic acids is 1. The van der Waals surface area contributed by atoms with Gasteiger partial charge in [-0.1, -0.05) is 12.1 Å². The van der Waals surface area contributed by atoms with Gasteiger partial charge in [-0.15, -0.1) is 0 Å². The molecule has 0 aliphatic rings. The molecule has 0 heterocycles. The summed E-state index contributed by atoms with van der Waals surface area (Å²) in [6.07, 6.45) is 0.539. The maximum absolute atomic E-state index is 12.2. The minimum absolute atomic E-state index is 0.00176. The lowest BCUT2D eigenvalue weighted by Crippen LogP contribution is -2.26. The topological polar surface area (TPSA) is 108 Å². The molecule has 0 aliphatic heterocycles. The molecular weight excluding hydrogens is 404 g/mol. The zero-order valence-corrected chi connectivity index (χ0v) is 16.1. The lowest BCUT2D eigenvalue weighted by Gasteiger charge is -2.08. The molecule has 0 fully saturated rings. The van der Waals surface area contributed by atoms with E-state index in [1.54, 1.807) is 12.1 Å². The summed E-state index contributed by atoms with van der Waals surface area (Å²) in [5.74, 6) is -0.311. The van der Waals surface area contributed by atoms with Gasteiger partial charge in [0.15, 0.2) is 0 Å². The summed E-state index contributed by atoms with van der Waals surface area (Å²) < 4.78 is 54.8. The fourth-order valence-electron chi connectivity index (χ4n) is 2.37. The smallest absolute Gasteiger partial charge is 0.387 e. The highest BCUT2D eigenvalue weighted by Gasteiger charge is 2.14. The number of nitrogens with one attached hydrogen (secondary N) is 2. The Labute approximate surface area is 167 Å². The van der Waals surface area contributed by atoms with Gasteiger partial charge in [-0.05, 0) is 48.4 Å². The standard InChI is InChI=1S/C19H19F2N3O4S/c20-19(21)28-16-6-2-14(3-7-16)10-13-23-18(25)15-4-8-17(9-5-15)29(26,27)24-12-1-11-22/h2-9,19,24H,1,10,12-13H2,(H,23,25). The third kappa shape index (κ3) is 7.14. The molecule has 10 heteroatoms. The Hall–Kier alpha value is -3.03. The molecule has 29 heavy (non-hydrogen) atoms. The number of sulfonamides is 1. The van der Waals surface area contributed by atoms with Gasteiger partial charge in [0.1, 0.15) is 5.75 Å². The van der Waals surface area contributed by atoms with Crippen LogP contribution in [0.3, 0.4) is 0 Å². The summed E-state index contributed by atoms with van der Waals surface area (Å²) in [5, 5.41) is 11.2. The highest BCUT2D eigenvalue weighted by atomic mass is 32.2. The average Bonchev–Trinajstić information content (AvgIpc) is 2.69. The van der Waals surface area contributed by atoms with E-state index in [0.717, 1.165) is 5.56 Å². The number of ether oxygens (including phenoxy) is 1. The van der Waals surface area contributed by atoms with E-state index in [2.05, 4.69) is 14.8 Å². The highest BCUT2D eigenvalue weighted by molar-refractivity contribution is 7.89. The molecule has 154 valence electrons. The predicted octanol–water partition coefficient (Wildman–Crippen LogP) is 2.45. The lowest BCUT2D eigenvalue weighted by atomic mass is 10.1. The molecule has 0 radical (unpaired) electrons. The van der Waals surface area contributed by atoms with Crippen LogP contribution in [0, 0.1) is 11.3 Å². The number of hydrogen-bond donors (Lipinski definition) is 2. The SMILES string of the molecule is N#CCCNS(=O)(=O)c1ccc(C(=O)NCCc2ccc(OC(F)F)cc2)cc1. The molecule has 2 rings (SSSR count). The van der Waals surface area contributed by atoms with Crippen molar-refractivity contribution in [2.75, 3.05) is 13.1 Å². The number of alkyl halides is 2. The molecule has 2 aromatic rings. The first-order valence-electron chi connectivity index (χ1n) is 8.60. The van der Waals surface area contributed by atoms with Crippen molar-refractivity contribution in [2.45, 2.75) is 24.3 Å². The van der Waals surface area contributed by atoms with Crippen molar-refractivity contribution in [2.24, 2.45) is 0 Å². The van der Waals surface area contributed by atoms with Gasteiger partial charge in [0.25, 0.3) is 5.91 Å². The lowest BCUT2D eigenvalue weighted by molar-refractivity contribution is -0.0498. The second-order valence-electron chi connectivity index (χ2n) is 5.86. The largest absolute Gasteiger partial charge is 0.435 e. The molecule has 1 amide bonds. The summed E-state index contributed by atoms with van der Waals surface area (Å²) in [7, 11) is -3.73. The van der Waals surface area contributed by atoms with E-state index in [0.29, 0.717) is 18.5 Å². The van der Waals surface area contributed by atoms with Crippen LogP contribution in [0.15, 0.2) is 53.4 Å². The Morgan fingerprint density at radius 2 is 1.72 bits per heavy atom. The van der Waals surface area contributed by atoms with Gasteiger partial charge in [-0.2, -0.15) is 14.0 Å². The van der Waals surface area contributed by atoms with E-state index < -0.39 is 16.6 Å². The van der Waals surface area contributed by atoms with Gasteiger partial charge in [0.2, 0.25) is 10.0 Å². The van der Waals surface area contributed by atoms with Crippen molar-refractivity contribution in [1.29, 1.82) is 5.26 Å². The minimum atomic E-state index is -3.73. The molecule has 0 bridgehead atoms. The van der Waals surface area contributed by atoms with Crippen molar-refractivity contribution >= 4 is 15.9 Å². The number of halogens is 2. The van der Waals surface area contributed by atoms with Crippen LogP contribution in [-0.2, 0) is 16.4 Å². The Morgan fingerprint density at radius 3 is 2.31 bits per heavy atom. The third-order valence-corrected chi connectivity index (χ3v) is 5.28. The Bertz CT molecular complexity index is 956. The summed E-state index contributed by atoms with van der Waals surface area (Å²) >= 11 is 0. The van der Waals surface area contributed by atoms with Gasteiger partial charge in [-0.25, -0.2) is 13.1 Å². The third-order valence-electron chi connectivity index (χ3n) is 3.80. The van der Waals surface area contributed by atoms with Gasteiger partial charge in [0, 0.05) is 25.1 Å². The molecular formula is C19H19F2N3O4S. The first-order valence-corrected chi connectivity index (χ1v) is 10.1. The number of benzene rings is 2. The summed E-state index contributed by atoms with van der Waals surface area (Å²) in [4.78, 5) is 12.2. The molecule has 0 aliphatic carbocycles. The van der Waals surface area contributed by atoms with Crippen molar-refractivity contribution in [3.8, 4) is 11.8 Å². The molecule has 2 aromatic carbocycles. The van der Waals surface area contributed by atoms with Crippen molar-refractivity contribution in [1.82, 2.24) is 10.0 Å². The Balaban J connectivity index is 1.85. The predicted molar refractivity (Wildman–Crippen MR) is 101 cm³/mol. The molecule has 0 atom stereocenters. The Morgan fingerprint density at radius 1 is 1.07 bits per heavy atom. The zero-order chi connectivity index (χ0) is 21.3. The van der Waals surface area contributed by atoms with E-state index in [1.807, 2.05) is 6.07 Å². The Kier molecular flexibility index (Phi) is 8.06. The van der Waals surface area contributed by atoms with Crippen LogP contribution in [0.5, 0.6) is 5.75 Å². The molecule has 0 aromatic heterocycles.